The van der Waals surface area contributed by atoms with Crippen molar-refractivity contribution in [2.45, 2.75) is 13.8 Å². The van der Waals surface area contributed by atoms with Crippen LogP contribution in [0.25, 0.3) is 5.70 Å². The lowest BCUT2D eigenvalue weighted by Crippen LogP contribution is -2.04. The second kappa shape index (κ2) is 5.76. The van der Waals surface area contributed by atoms with Gasteiger partial charge in [-0.25, -0.2) is 0 Å². The van der Waals surface area contributed by atoms with Crippen molar-refractivity contribution in [1.29, 1.82) is 0 Å². The maximum Gasteiger partial charge on any atom is 0.0475 e. The van der Waals surface area contributed by atoms with Crippen LogP contribution in [0.4, 0.5) is 0 Å². The fraction of sp³-hybridized carbons (Fsp3) is 0.333. The molecule has 1 N–H and O–H groups in total. The fourth-order valence-electron chi connectivity index (χ4n) is 1.25. The van der Waals surface area contributed by atoms with Crippen LogP contribution < -0.4 is 5.32 Å². The van der Waals surface area contributed by atoms with Crippen molar-refractivity contribution in [3.8, 4) is 0 Å². The van der Waals surface area contributed by atoms with Crippen molar-refractivity contribution in [2.75, 3.05) is 12.8 Å². The molecule has 0 unspecified atom stereocenters. The van der Waals surface area contributed by atoms with E-state index < -0.39 is 0 Å². The maximum absolute atomic E-state index is 3.22. The Morgan fingerprint density at radius 1 is 1.50 bits per heavy atom. The predicted octanol–water partition coefficient (Wildman–Crippen LogP) is 3.27. The summed E-state index contributed by atoms with van der Waals surface area (Å²) in [6, 6.07) is 8.53. The van der Waals surface area contributed by atoms with Crippen molar-refractivity contribution >= 4 is 17.5 Å². The monoisotopic (exact) mass is 207 g/mol. The Hall–Kier alpha value is -0.890. The Bertz CT molecular complexity index is 318. The van der Waals surface area contributed by atoms with Gasteiger partial charge >= 0.3 is 0 Å². The number of thioether (sulfide) groups is 1. The predicted molar refractivity (Wildman–Crippen MR) is 66.3 cm³/mol. The zero-order valence-electron chi connectivity index (χ0n) is 9.00. The second-order valence-corrected chi connectivity index (χ2v) is 4.25. The zero-order chi connectivity index (χ0) is 10.4. The molecule has 0 aliphatic carbocycles. The van der Waals surface area contributed by atoms with E-state index in [2.05, 4.69) is 48.8 Å². The molecule has 2 heteroatoms. The third-order valence-corrected chi connectivity index (χ3v) is 2.70. The van der Waals surface area contributed by atoms with E-state index >= 15 is 0 Å². The van der Waals surface area contributed by atoms with E-state index in [9.17, 15) is 0 Å². The minimum Gasteiger partial charge on any atom is -0.387 e. The Balaban J connectivity index is 2.89. The van der Waals surface area contributed by atoms with E-state index in [4.69, 9.17) is 0 Å². The van der Waals surface area contributed by atoms with Gasteiger partial charge < -0.3 is 5.32 Å². The molecule has 0 spiro atoms. The van der Waals surface area contributed by atoms with Gasteiger partial charge in [-0.1, -0.05) is 30.7 Å². The lowest BCUT2D eigenvalue weighted by atomic mass is 10.1. The maximum atomic E-state index is 3.22. The molecule has 0 saturated heterocycles. The Kier molecular flexibility index (Phi) is 4.60. The Morgan fingerprint density at radius 3 is 2.86 bits per heavy atom. The summed E-state index contributed by atoms with van der Waals surface area (Å²) < 4.78 is 0. The number of rotatable bonds is 4. The summed E-state index contributed by atoms with van der Waals surface area (Å²) in [7, 11) is 1.96. The Labute approximate surface area is 90.6 Å². The largest absolute Gasteiger partial charge is 0.387 e. The van der Waals surface area contributed by atoms with Crippen LogP contribution in [-0.2, 0) is 0 Å². The highest BCUT2D eigenvalue weighted by Gasteiger charge is 1.98. The Morgan fingerprint density at radius 2 is 2.29 bits per heavy atom. The van der Waals surface area contributed by atoms with Gasteiger partial charge in [-0.2, -0.15) is 0 Å². The number of nitrogens with one attached hydrogen (secondary N) is 1. The van der Waals surface area contributed by atoms with E-state index in [-0.39, 0.29) is 0 Å². The van der Waals surface area contributed by atoms with Crippen molar-refractivity contribution < 1.29 is 0 Å². The van der Waals surface area contributed by atoms with E-state index in [0.29, 0.717) is 0 Å². The molecule has 0 aliphatic rings. The van der Waals surface area contributed by atoms with Crippen LogP contribution in [0.3, 0.4) is 0 Å². The molecule has 0 saturated carbocycles. The topological polar surface area (TPSA) is 12.0 Å². The molecule has 1 nitrogen and oxygen atoms in total. The molecule has 0 aromatic heterocycles. The van der Waals surface area contributed by atoms with Crippen LogP contribution in [0.5, 0.6) is 0 Å². The first-order valence-electron chi connectivity index (χ1n) is 4.84. The summed E-state index contributed by atoms with van der Waals surface area (Å²) in [6.45, 7) is 4.27. The number of benzene rings is 1. The van der Waals surface area contributed by atoms with Gasteiger partial charge in [-0.15, -0.1) is 11.8 Å². The van der Waals surface area contributed by atoms with Gasteiger partial charge in [0, 0.05) is 12.7 Å². The van der Waals surface area contributed by atoms with Gasteiger partial charge in [0.15, 0.2) is 0 Å². The molecule has 1 aromatic rings. The number of hydrogen-bond donors (Lipinski definition) is 1. The molecule has 0 radical (unpaired) electrons. The standard InChI is InChI=1S/C12H17NS/c1-4-14-9-12(13-3)11-7-5-6-10(2)8-11/h5-9,13H,4H2,1-3H3/b12-9-. The van der Waals surface area contributed by atoms with Crippen LogP contribution in [0.1, 0.15) is 18.1 Å². The molecular weight excluding hydrogens is 190 g/mol. The van der Waals surface area contributed by atoms with Crippen LogP contribution in [0.15, 0.2) is 29.7 Å². The summed E-state index contributed by atoms with van der Waals surface area (Å²) >= 11 is 1.82. The lowest BCUT2D eigenvalue weighted by Gasteiger charge is -2.07. The van der Waals surface area contributed by atoms with E-state index in [1.807, 2.05) is 18.8 Å². The molecule has 0 aliphatic heterocycles. The first-order chi connectivity index (χ1) is 6.77. The van der Waals surface area contributed by atoms with Gasteiger partial charge in [-0.3, -0.25) is 0 Å². The van der Waals surface area contributed by atoms with E-state index in [0.717, 1.165) is 5.75 Å². The highest BCUT2D eigenvalue weighted by atomic mass is 32.2. The lowest BCUT2D eigenvalue weighted by molar-refractivity contribution is 1.13. The van der Waals surface area contributed by atoms with Crippen LogP contribution >= 0.6 is 11.8 Å². The summed E-state index contributed by atoms with van der Waals surface area (Å²) in [6.07, 6.45) is 0. The van der Waals surface area contributed by atoms with Crippen LogP contribution in [-0.4, -0.2) is 12.8 Å². The van der Waals surface area contributed by atoms with Crippen LogP contribution in [0.2, 0.25) is 0 Å². The highest BCUT2D eigenvalue weighted by Crippen LogP contribution is 2.16. The molecule has 0 heterocycles. The van der Waals surface area contributed by atoms with Crippen molar-refractivity contribution in [3.63, 3.8) is 0 Å². The molecule has 0 amide bonds. The molecule has 0 bridgehead atoms. The van der Waals surface area contributed by atoms with Gasteiger partial charge in [0.2, 0.25) is 0 Å². The van der Waals surface area contributed by atoms with Gasteiger partial charge in [-0.05, 0) is 29.7 Å². The summed E-state index contributed by atoms with van der Waals surface area (Å²) in [5.41, 5.74) is 3.75. The quantitative estimate of drug-likeness (QED) is 0.813. The molecule has 1 rings (SSSR count). The van der Waals surface area contributed by atoms with Gasteiger partial charge in [0.05, 0.1) is 0 Å². The fourth-order valence-corrected chi connectivity index (χ4v) is 1.84. The SMILES string of the molecule is CCS/C=C(\NC)c1cccc(C)c1. The molecule has 0 atom stereocenters. The third-order valence-electron chi connectivity index (χ3n) is 1.97. The van der Waals surface area contributed by atoms with E-state index in [1.165, 1.54) is 16.8 Å². The van der Waals surface area contributed by atoms with Crippen LogP contribution in [0, 0.1) is 6.92 Å². The molecule has 76 valence electrons. The van der Waals surface area contributed by atoms with Gasteiger partial charge in [0.25, 0.3) is 0 Å². The average Bonchev–Trinajstić information content (AvgIpc) is 2.19. The molecule has 0 fully saturated rings. The average molecular weight is 207 g/mol. The van der Waals surface area contributed by atoms with E-state index in [1.54, 1.807) is 0 Å². The van der Waals surface area contributed by atoms with Crippen molar-refractivity contribution in [2.24, 2.45) is 0 Å². The number of hydrogen-bond acceptors (Lipinski definition) is 2. The van der Waals surface area contributed by atoms with Crippen molar-refractivity contribution in [1.82, 2.24) is 5.32 Å². The minimum atomic E-state index is 1.11. The second-order valence-electron chi connectivity index (χ2n) is 3.11. The summed E-state index contributed by atoms with van der Waals surface area (Å²) in [5, 5.41) is 5.40. The van der Waals surface area contributed by atoms with Gasteiger partial charge in [0.1, 0.15) is 0 Å². The molecular formula is C12H17NS. The summed E-state index contributed by atoms with van der Waals surface area (Å²) in [4.78, 5) is 0. The first kappa shape index (κ1) is 11.2. The minimum absolute atomic E-state index is 1.11. The summed E-state index contributed by atoms with van der Waals surface area (Å²) in [5.74, 6) is 1.11. The van der Waals surface area contributed by atoms with Crippen molar-refractivity contribution in [3.05, 3.63) is 40.8 Å². The molecule has 14 heavy (non-hydrogen) atoms. The number of aryl methyl sites for hydroxylation is 1. The normalized spacial score (nSPS) is 11.5. The smallest absolute Gasteiger partial charge is 0.0475 e. The zero-order valence-corrected chi connectivity index (χ0v) is 9.82. The molecule has 1 aromatic carbocycles. The highest BCUT2D eigenvalue weighted by molar-refractivity contribution is 8.02. The first-order valence-corrected chi connectivity index (χ1v) is 5.89. The third kappa shape index (κ3) is 3.11.